The Morgan fingerprint density at radius 3 is 1.67 bits per heavy atom. The molecular formula is C5H9N2O2. The molecule has 0 aliphatic carbocycles. The second kappa shape index (κ2) is 3.06. The van der Waals surface area contributed by atoms with Gasteiger partial charge in [-0.05, 0) is 6.42 Å². The number of carbonyl (C=O) groups is 2. The molecule has 0 atom stereocenters. The van der Waals surface area contributed by atoms with Crippen LogP contribution in [0.1, 0.15) is 6.42 Å². The van der Waals surface area contributed by atoms with Gasteiger partial charge < -0.3 is 11.5 Å². The highest BCUT2D eigenvalue weighted by Crippen LogP contribution is 1.97. The van der Waals surface area contributed by atoms with E-state index in [4.69, 9.17) is 11.5 Å². The van der Waals surface area contributed by atoms with E-state index >= 15 is 0 Å². The van der Waals surface area contributed by atoms with Gasteiger partial charge in [0.1, 0.15) is 5.92 Å². The Bertz CT molecular complexity index is 119. The fourth-order valence-electron chi connectivity index (χ4n) is 0.425. The Hall–Kier alpha value is -1.06. The molecule has 0 saturated heterocycles. The van der Waals surface area contributed by atoms with Crippen LogP contribution in [0.2, 0.25) is 0 Å². The Morgan fingerprint density at radius 2 is 1.67 bits per heavy atom. The summed E-state index contributed by atoms with van der Waals surface area (Å²) in [4.78, 5) is 20.5. The third-order valence-corrected chi connectivity index (χ3v) is 0.976. The van der Waals surface area contributed by atoms with E-state index in [1.54, 1.807) is 0 Å². The van der Waals surface area contributed by atoms with E-state index in [9.17, 15) is 9.59 Å². The van der Waals surface area contributed by atoms with Crippen LogP contribution >= 0.6 is 0 Å². The maximum Gasteiger partial charge on any atom is 0.229 e. The minimum absolute atomic E-state index is 0.130. The molecule has 9 heavy (non-hydrogen) atoms. The van der Waals surface area contributed by atoms with Crippen LogP contribution in [0.25, 0.3) is 0 Å². The highest BCUT2D eigenvalue weighted by molar-refractivity contribution is 5.98. The molecule has 2 amide bonds. The quantitative estimate of drug-likeness (QED) is 0.469. The molecule has 4 N–H and O–H groups in total. The third kappa shape index (κ3) is 2.12. The lowest BCUT2D eigenvalue weighted by atomic mass is 10.1. The van der Waals surface area contributed by atoms with Crippen molar-refractivity contribution in [3.05, 3.63) is 6.92 Å². The Morgan fingerprint density at radius 1 is 1.33 bits per heavy atom. The molecule has 0 fully saturated rings. The maximum absolute atomic E-state index is 10.3. The van der Waals surface area contributed by atoms with E-state index in [1.807, 2.05) is 0 Å². The lowest BCUT2D eigenvalue weighted by Crippen LogP contribution is -2.34. The summed E-state index contributed by atoms with van der Waals surface area (Å²) < 4.78 is 0. The number of hydrogen-bond acceptors (Lipinski definition) is 2. The molecule has 4 heteroatoms. The highest BCUT2D eigenvalue weighted by Gasteiger charge is 2.18. The minimum Gasteiger partial charge on any atom is -0.369 e. The smallest absolute Gasteiger partial charge is 0.229 e. The predicted octanol–water partition coefficient (Wildman–Crippen LogP) is -1.20. The molecule has 0 heterocycles. The predicted molar refractivity (Wildman–Crippen MR) is 31.9 cm³/mol. The molecule has 0 bridgehead atoms. The maximum atomic E-state index is 10.3. The lowest BCUT2D eigenvalue weighted by molar-refractivity contribution is -0.131. The zero-order chi connectivity index (χ0) is 7.44. The summed E-state index contributed by atoms with van der Waals surface area (Å²) in [6.45, 7) is 3.33. The van der Waals surface area contributed by atoms with Crippen LogP contribution in [0.5, 0.6) is 0 Å². The summed E-state index contributed by atoms with van der Waals surface area (Å²) in [6.07, 6.45) is 0.130. The van der Waals surface area contributed by atoms with Gasteiger partial charge in [0, 0.05) is 0 Å². The van der Waals surface area contributed by atoms with Crippen molar-refractivity contribution in [2.75, 3.05) is 0 Å². The van der Waals surface area contributed by atoms with Crippen molar-refractivity contribution in [3.8, 4) is 0 Å². The van der Waals surface area contributed by atoms with Gasteiger partial charge in [-0.3, -0.25) is 9.59 Å². The van der Waals surface area contributed by atoms with Crippen LogP contribution in [0.3, 0.4) is 0 Å². The van der Waals surface area contributed by atoms with Gasteiger partial charge in [0.15, 0.2) is 0 Å². The second-order valence-electron chi connectivity index (χ2n) is 1.65. The van der Waals surface area contributed by atoms with Gasteiger partial charge in [0.05, 0.1) is 0 Å². The zero-order valence-corrected chi connectivity index (χ0v) is 4.96. The van der Waals surface area contributed by atoms with Crippen molar-refractivity contribution in [2.45, 2.75) is 6.42 Å². The minimum atomic E-state index is -0.912. The van der Waals surface area contributed by atoms with Crippen molar-refractivity contribution in [3.63, 3.8) is 0 Å². The molecule has 0 aliphatic rings. The monoisotopic (exact) mass is 129 g/mol. The molecule has 0 aromatic heterocycles. The average Bonchev–Trinajstić information content (AvgIpc) is 1.64. The fourth-order valence-corrected chi connectivity index (χ4v) is 0.425. The van der Waals surface area contributed by atoms with E-state index in [0.717, 1.165) is 0 Å². The summed E-state index contributed by atoms with van der Waals surface area (Å²) in [5.41, 5.74) is 9.54. The van der Waals surface area contributed by atoms with Crippen LogP contribution in [0.4, 0.5) is 0 Å². The molecular weight excluding hydrogens is 120 g/mol. The van der Waals surface area contributed by atoms with E-state index in [1.165, 1.54) is 0 Å². The first-order valence-electron chi connectivity index (χ1n) is 2.47. The van der Waals surface area contributed by atoms with Crippen LogP contribution < -0.4 is 11.5 Å². The van der Waals surface area contributed by atoms with Gasteiger partial charge in [-0.1, -0.05) is 6.92 Å². The topological polar surface area (TPSA) is 86.2 Å². The molecule has 0 aliphatic heterocycles. The summed E-state index contributed by atoms with van der Waals surface area (Å²) in [5.74, 6) is -2.33. The summed E-state index contributed by atoms with van der Waals surface area (Å²) >= 11 is 0. The molecule has 4 nitrogen and oxygen atoms in total. The van der Waals surface area contributed by atoms with Crippen LogP contribution in [0, 0.1) is 12.8 Å². The van der Waals surface area contributed by atoms with E-state index < -0.39 is 17.7 Å². The number of rotatable bonds is 3. The molecule has 1 radical (unpaired) electrons. The molecule has 51 valence electrons. The number of hydrogen-bond donors (Lipinski definition) is 2. The second-order valence-corrected chi connectivity index (χ2v) is 1.65. The van der Waals surface area contributed by atoms with Gasteiger partial charge in [-0.25, -0.2) is 0 Å². The number of amides is 2. The zero-order valence-electron chi connectivity index (χ0n) is 4.96. The van der Waals surface area contributed by atoms with Crippen molar-refractivity contribution in [1.82, 2.24) is 0 Å². The summed E-state index contributed by atoms with van der Waals surface area (Å²) in [5, 5.41) is 0. The first-order chi connectivity index (χ1) is 4.09. The van der Waals surface area contributed by atoms with Crippen molar-refractivity contribution >= 4 is 11.8 Å². The van der Waals surface area contributed by atoms with Gasteiger partial charge in [0.25, 0.3) is 0 Å². The number of carbonyl (C=O) groups excluding carboxylic acids is 2. The molecule has 0 unspecified atom stereocenters. The largest absolute Gasteiger partial charge is 0.369 e. The number of nitrogens with two attached hydrogens (primary N) is 2. The Balaban J connectivity index is 3.99. The average molecular weight is 129 g/mol. The van der Waals surface area contributed by atoms with Gasteiger partial charge in [-0.2, -0.15) is 0 Å². The van der Waals surface area contributed by atoms with E-state index in [2.05, 4.69) is 6.92 Å². The molecule has 0 aromatic carbocycles. The van der Waals surface area contributed by atoms with Gasteiger partial charge in [0.2, 0.25) is 11.8 Å². The van der Waals surface area contributed by atoms with Crippen molar-refractivity contribution in [1.29, 1.82) is 0 Å². The highest BCUT2D eigenvalue weighted by atomic mass is 16.2. The standard InChI is InChI=1S/C5H9N2O2/c1-2-3(4(6)8)5(7)9/h3H,1-2H2,(H2,6,8)(H2,7,9). The fraction of sp³-hybridized carbons (Fsp3) is 0.400. The SMILES string of the molecule is [CH2]CC(C(N)=O)C(N)=O. The normalized spacial score (nSPS) is 9.56. The van der Waals surface area contributed by atoms with Crippen molar-refractivity contribution in [2.24, 2.45) is 17.4 Å². The van der Waals surface area contributed by atoms with Gasteiger partial charge in [-0.15, -0.1) is 0 Å². The lowest BCUT2D eigenvalue weighted by Gasteiger charge is -2.02. The van der Waals surface area contributed by atoms with Gasteiger partial charge >= 0.3 is 0 Å². The van der Waals surface area contributed by atoms with Crippen LogP contribution in [0.15, 0.2) is 0 Å². The Labute approximate surface area is 53.2 Å². The summed E-state index contributed by atoms with van der Waals surface area (Å²) in [6, 6.07) is 0. The van der Waals surface area contributed by atoms with E-state index in [0.29, 0.717) is 0 Å². The summed E-state index contributed by atoms with van der Waals surface area (Å²) in [7, 11) is 0. The first-order valence-corrected chi connectivity index (χ1v) is 2.47. The first kappa shape index (κ1) is 7.94. The van der Waals surface area contributed by atoms with E-state index in [-0.39, 0.29) is 6.42 Å². The molecule has 0 rings (SSSR count). The van der Waals surface area contributed by atoms with Crippen LogP contribution in [-0.4, -0.2) is 11.8 Å². The molecule has 0 saturated carbocycles. The molecule has 0 aromatic rings. The Kier molecular flexibility index (Phi) is 2.70. The van der Waals surface area contributed by atoms with Crippen molar-refractivity contribution < 1.29 is 9.59 Å². The van der Waals surface area contributed by atoms with Crippen LogP contribution in [-0.2, 0) is 9.59 Å². The number of primary amides is 2. The third-order valence-electron chi connectivity index (χ3n) is 0.976. The molecule has 0 spiro atoms.